The van der Waals surface area contributed by atoms with Crippen LogP contribution in [0.4, 0.5) is 0 Å². The lowest BCUT2D eigenvalue weighted by Crippen LogP contribution is -2.52. The molecule has 0 spiro atoms. The van der Waals surface area contributed by atoms with Gasteiger partial charge in [0.1, 0.15) is 0 Å². The maximum Gasteiger partial charge on any atom is 0.239 e. The molecule has 1 aliphatic heterocycles. The summed E-state index contributed by atoms with van der Waals surface area (Å²) < 4.78 is 0. The molecule has 2 N–H and O–H groups in total. The van der Waals surface area contributed by atoms with Gasteiger partial charge in [0.05, 0.1) is 6.04 Å². The highest BCUT2D eigenvalue weighted by Gasteiger charge is 2.29. The van der Waals surface area contributed by atoms with Crippen LogP contribution in [0, 0.1) is 0 Å². The van der Waals surface area contributed by atoms with E-state index >= 15 is 0 Å². The maximum atomic E-state index is 12.2. The van der Waals surface area contributed by atoms with Crippen LogP contribution in [-0.2, 0) is 4.79 Å². The second-order valence-electron chi connectivity index (χ2n) is 5.34. The molecule has 0 saturated carbocycles. The molecule has 0 aromatic heterocycles. The van der Waals surface area contributed by atoms with Gasteiger partial charge in [-0.25, -0.2) is 0 Å². The quantitative estimate of drug-likeness (QED) is 0.812. The van der Waals surface area contributed by atoms with Gasteiger partial charge in [0.15, 0.2) is 0 Å². The highest BCUT2D eigenvalue weighted by atomic mass is 32.2. The minimum atomic E-state index is -0.336. The molecule has 1 fully saturated rings. The Kier molecular flexibility index (Phi) is 6.46. The van der Waals surface area contributed by atoms with Gasteiger partial charge in [0.2, 0.25) is 5.91 Å². The molecule has 106 valence electrons. The zero-order valence-corrected chi connectivity index (χ0v) is 12.9. The molecule has 18 heavy (non-hydrogen) atoms. The third-order valence-corrected chi connectivity index (χ3v) is 4.67. The number of likely N-dealkylation sites (N-methyl/N-ethyl adjacent to an activating group) is 1. The van der Waals surface area contributed by atoms with Crippen LogP contribution in [0.2, 0.25) is 0 Å². The number of likely N-dealkylation sites (tertiary alicyclic amines) is 1. The monoisotopic (exact) mass is 273 g/mol. The first-order valence-electron chi connectivity index (χ1n) is 6.68. The van der Waals surface area contributed by atoms with Crippen molar-refractivity contribution in [2.45, 2.75) is 44.3 Å². The third-order valence-electron chi connectivity index (χ3n) is 4.03. The van der Waals surface area contributed by atoms with Crippen molar-refractivity contribution in [2.24, 2.45) is 5.73 Å². The van der Waals surface area contributed by atoms with E-state index in [0.29, 0.717) is 12.1 Å². The van der Waals surface area contributed by atoms with Gasteiger partial charge in [0, 0.05) is 25.7 Å². The molecule has 1 amide bonds. The van der Waals surface area contributed by atoms with Gasteiger partial charge < -0.3 is 15.5 Å². The van der Waals surface area contributed by atoms with E-state index in [1.807, 2.05) is 18.2 Å². The lowest BCUT2D eigenvalue weighted by molar-refractivity contribution is -0.134. The van der Waals surface area contributed by atoms with Gasteiger partial charge >= 0.3 is 0 Å². The van der Waals surface area contributed by atoms with Gasteiger partial charge in [-0.2, -0.15) is 11.8 Å². The molecule has 0 radical (unpaired) electrons. The molecular weight excluding hydrogens is 246 g/mol. The van der Waals surface area contributed by atoms with Crippen molar-refractivity contribution < 1.29 is 4.79 Å². The van der Waals surface area contributed by atoms with E-state index in [-0.39, 0.29) is 11.9 Å². The molecule has 0 aliphatic carbocycles. The highest BCUT2D eigenvalue weighted by Crippen LogP contribution is 2.20. The van der Waals surface area contributed by atoms with Crippen LogP contribution in [0.3, 0.4) is 0 Å². The Hall–Kier alpha value is -0.260. The predicted molar refractivity (Wildman–Crippen MR) is 78.9 cm³/mol. The summed E-state index contributed by atoms with van der Waals surface area (Å²) in [5, 5.41) is 0. The molecular formula is C13H27N3OS. The van der Waals surface area contributed by atoms with Gasteiger partial charge in [-0.15, -0.1) is 0 Å². The van der Waals surface area contributed by atoms with E-state index in [9.17, 15) is 4.79 Å². The van der Waals surface area contributed by atoms with Crippen molar-refractivity contribution in [3.8, 4) is 0 Å². The summed E-state index contributed by atoms with van der Waals surface area (Å²) in [5.74, 6) is 1.05. The van der Waals surface area contributed by atoms with E-state index in [1.54, 1.807) is 11.8 Å². The normalized spacial score (nSPS) is 26.9. The summed E-state index contributed by atoms with van der Waals surface area (Å²) in [5.41, 5.74) is 5.96. The third kappa shape index (κ3) is 4.14. The zero-order chi connectivity index (χ0) is 13.7. The van der Waals surface area contributed by atoms with Crippen LogP contribution in [0.25, 0.3) is 0 Å². The first-order valence-corrected chi connectivity index (χ1v) is 8.08. The number of nitrogens with two attached hydrogens (primary N) is 1. The summed E-state index contributed by atoms with van der Waals surface area (Å²) >= 11 is 1.74. The Morgan fingerprint density at radius 2 is 2.28 bits per heavy atom. The molecule has 2 unspecified atom stereocenters. The smallest absolute Gasteiger partial charge is 0.239 e. The predicted octanol–water partition coefficient (Wildman–Crippen LogP) is 1.01. The number of amides is 1. The summed E-state index contributed by atoms with van der Waals surface area (Å²) in [7, 11) is 4.05. The van der Waals surface area contributed by atoms with Gasteiger partial charge in [-0.3, -0.25) is 4.79 Å². The number of carbonyl (C=O) groups excluding carboxylic acids is 1. The van der Waals surface area contributed by atoms with Crippen LogP contribution in [0.15, 0.2) is 0 Å². The molecule has 1 saturated heterocycles. The van der Waals surface area contributed by atoms with Crippen molar-refractivity contribution in [1.82, 2.24) is 9.80 Å². The largest absolute Gasteiger partial charge is 0.341 e. The number of hydrogen-bond donors (Lipinski definition) is 1. The van der Waals surface area contributed by atoms with Crippen molar-refractivity contribution >= 4 is 17.7 Å². The number of thioether (sulfide) groups is 1. The SMILES string of the molecule is CSCC[C@H](N)C(=O)N(C)C1CCN(C)C(C)C1. The highest BCUT2D eigenvalue weighted by molar-refractivity contribution is 7.98. The Bertz CT molecular complexity index is 275. The van der Waals surface area contributed by atoms with Crippen LogP contribution >= 0.6 is 11.8 Å². The second-order valence-corrected chi connectivity index (χ2v) is 6.33. The summed E-state index contributed by atoms with van der Waals surface area (Å²) in [4.78, 5) is 16.4. The molecule has 0 aromatic carbocycles. The number of nitrogens with zero attached hydrogens (tertiary/aromatic N) is 2. The van der Waals surface area contributed by atoms with Crippen molar-refractivity contribution in [3.05, 3.63) is 0 Å². The van der Waals surface area contributed by atoms with Crippen molar-refractivity contribution in [3.63, 3.8) is 0 Å². The van der Waals surface area contributed by atoms with Gasteiger partial charge in [-0.1, -0.05) is 0 Å². The Morgan fingerprint density at radius 1 is 1.61 bits per heavy atom. The molecule has 4 nitrogen and oxygen atoms in total. The molecule has 1 aliphatic rings. The fourth-order valence-corrected chi connectivity index (χ4v) is 2.92. The number of carbonyl (C=O) groups is 1. The molecule has 5 heteroatoms. The first kappa shape index (κ1) is 15.8. The standard InChI is InChI=1S/C13H27N3OS/c1-10-9-11(5-7-15(10)2)16(3)13(17)12(14)6-8-18-4/h10-12H,5-9,14H2,1-4H3/t10?,11?,12-/m0/s1. The molecule has 1 heterocycles. The van der Waals surface area contributed by atoms with E-state index in [2.05, 4.69) is 18.9 Å². The molecule has 3 atom stereocenters. The zero-order valence-electron chi connectivity index (χ0n) is 12.1. The summed E-state index contributed by atoms with van der Waals surface area (Å²) in [6.45, 7) is 3.28. The Labute approximate surface area is 115 Å². The average molecular weight is 273 g/mol. The second kappa shape index (κ2) is 7.36. The van der Waals surface area contributed by atoms with Crippen molar-refractivity contribution in [1.29, 1.82) is 0 Å². The Morgan fingerprint density at radius 3 is 2.83 bits per heavy atom. The van der Waals surface area contributed by atoms with Crippen LogP contribution in [-0.4, -0.2) is 66.5 Å². The van der Waals surface area contributed by atoms with E-state index in [4.69, 9.17) is 5.73 Å². The van der Waals surface area contributed by atoms with E-state index in [1.165, 1.54) is 0 Å². The van der Waals surface area contributed by atoms with Gasteiger partial charge in [-0.05, 0) is 45.2 Å². The van der Waals surface area contributed by atoms with E-state index in [0.717, 1.165) is 31.6 Å². The number of piperidine rings is 1. The van der Waals surface area contributed by atoms with Crippen molar-refractivity contribution in [2.75, 3.05) is 32.6 Å². The minimum absolute atomic E-state index is 0.103. The minimum Gasteiger partial charge on any atom is -0.341 e. The summed E-state index contributed by atoms with van der Waals surface area (Å²) in [6, 6.07) is 0.558. The van der Waals surface area contributed by atoms with Crippen LogP contribution < -0.4 is 5.73 Å². The van der Waals surface area contributed by atoms with E-state index < -0.39 is 0 Å². The fourth-order valence-electron chi connectivity index (χ4n) is 2.43. The first-order chi connectivity index (χ1) is 8.47. The molecule has 0 bridgehead atoms. The molecule has 1 rings (SSSR count). The van der Waals surface area contributed by atoms with Crippen LogP contribution in [0.5, 0.6) is 0 Å². The van der Waals surface area contributed by atoms with Gasteiger partial charge in [0.25, 0.3) is 0 Å². The maximum absolute atomic E-state index is 12.2. The van der Waals surface area contributed by atoms with Crippen LogP contribution in [0.1, 0.15) is 26.2 Å². The fraction of sp³-hybridized carbons (Fsp3) is 0.923. The lowest BCUT2D eigenvalue weighted by Gasteiger charge is -2.40. The number of hydrogen-bond acceptors (Lipinski definition) is 4. The number of rotatable bonds is 5. The average Bonchev–Trinajstić information content (AvgIpc) is 2.37. The summed E-state index contributed by atoms with van der Waals surface area (Å²) in [6.07, 6.45) is 4.92. The lowest BCUT2D eigenvalue weighted by atomic mass is 9.97. The topological polar surface area (TPSA) is 49.6 Å². The molecule has 0 aromatic rings. The Balaban J connectivity index is 2.48.